The van der Waals surface area contributed by atoms with E-state index in [2.05, 4.69) is 26.8 Å². The van der Waals surface area contributed by atoms with E-state index in [0.29, 0.717) is 43.4 Å². The molecule has 0 amide bonds. The first-order valence-electron chi connectivity index (χ1n) is 23.3. The van der Waals surface area contributed by atoms with Crippen LogP contribution in [0, 0.1) is 46.3 Å². The third-order valence-electron chi connectivity index (χ3n) is 17.4. The van der Waals surface area contributed by atoms with Gasteiger partial charge in [-0.25, -0.2) is 0 Å². The second kappa shape index (κ2) is 17.9. The lowest BCUT2D eigenvalue weighted by Gasteiger charge is -2.58. The van der Waals surface area contributed by atoms with Crippen molar-refractivity contribution >= 4 is 0 Å². The maximum absolute atomic E-state index is 12.0. The smallest absolute Gasteiger partial charge is 0.187 e. The van der Waals surface area contributed by atoms with E-state index in [0.717, 1.165) is 32.1 Å². The summed E-state index contributed by atoms with van der Waals surface area (Å²) in [6.07, 6.45) is -12.4. The minimum absolute atomic E-state index is 0.00392. The Hall–Kier alpha value is -0.940. The highest BCUT2D eigenvalue weighted by atomic mass is 16.8. The fourth-order valence-corrected chi connectivity index (χ4v) is 13.5. The summed E-state index contributed by atoms with van der Waals surface area (Å²) in [4.78, 5) is 0. The zero-order valence-corrected chi connectivity index (χ0v) is 37.0. The second-order valence-corrected chi connectivity index (χ2v) is 21.0. The molecule has 0 aromatic heterocycles. The third-order valence-corrected chi connectivity index (χ3v) is 17.4. The third kappa shape index (κ3) is 8.07. The zero-order chi connectivity index (χ0) is 44.8. The van der Waals surface area contributed by atoms with Crippen molar-refractivity contribution in [1.29, 1.82) is 0 Å². The number of rotatable bonds is 11. The summed E-state index contributed by atoms with van der Waals surface area (Å²) >= 11 is 0. The van der Waals surface area contributed by atoms with Crippen molar-refractivity contribution in [2.24, 2.45) is 46.3 Å². The first kappa shape index (κ1) is 47.5. The SMILES string of the molecule is C[C@@H](CO)CC[C@@]1(O)O[C@H]2C[C@H]3[C@@H]4CC=C5C[C@@H](O[C@@H]6O[C@H](CO)[C@@H](O[C@@H]7O[C@@H](C)[C@H](O)[C@@H](O)[C@H]7O)[C@H](O)[C@H]6O[C@@H]6O[C@@H](C)[C@H](O)C(O)C6O)CC[C@]5(C)[C@H]4CC[C@]3(C)[C@H]2[C@@H]1C. The van der Waals surface area contributed by atoms with Gasteiger partial charge in [0.25, 0.3) is 0 Å². The van der Waals surface area contributed by atoms with Crippen LogP contribution in [0.3, 0.4) is 0 Å². The Morgan fingerprint density at radius 3 is 1.98 bits per heavy atom. The molecule has 62 heavy (non-hydrogen) atoms. The first-order valence-corrected chi connectivity index (χ1v) is 23.3. The lowest BCUT2D eigenvalue weighted by Crippen LogP contribution is -2.66. The summed E-state index contributed by atoms with van der Waals surface area (Å²) in [5, 5.41) is 107. The number of fused-ring (bicyclic) bond motifs is 7. The van der Waals surface area contributed by atoms with Crippen molar-refractivity contribution in [3.05, 3.63) is 11.6 Å². The van der Waals surface area contributed by atoms with Crippen LogP contribution >= 0.6 is 0 Å². The molecular weight excluding hydrogens is 812 g/mol. The molecule has 4 aliphatic carbocycles. The van der Waals surface area contributed by atoms with E-state index in [1.807, 2.05) is 6.92 Å². The molecule has 4 aliphatic heterocycles. The van der Waals surface area contributed by atoms with Crippen molar-refractivity contribution in [1.82, 2.24) is 0 Å². The van der Waals surface area contributed by atoms with E-state index >= 15 is 0 Å². The van der Waals surface area contributed by atoms with Gasteiger partial charge in [-0.3, -0.25) is 0 Å². The molecule has 0 spiro atoms. The molecule has 0 radical (unpaired) electrons. The molecule has 356 valence electrons. The van der Waals surface area contributed by atoms with Gasteiger partial charge in [-0.1, -0.05) is 39.3 Å². The van der Waals surface area contributed by atoms with Crippen molar-refractivity contribution in [3.63, 3.8) is 0 Å². The number of allylic oxidation sites excluding steroid dienone is 1. The van der Waals surface area contributed by atoms with Crippen molar-refractivity contribution in [2.75, 3.05) is 13.2 Å². The molecule has 10 N–H and O–H groups in total. The van der Waals surface area contributed by atoms with Crippen LogP contribution in [-0.2, 0) is 33.2 Å². The van der Waals surface area contributed by atoms with Crippen LogP contribution in [0.5, 0.6) is 0 Å². The Kier molecular flexibility index (Phi) is 13.8. The first-order chi connectivity index (χ1) is 29.3. The molecule has 0 bridgehead atoms. The van der Waals surface area contributed by atoms with E-state index < -0.39 is 111 Å². The van der Waals surface area contributed by atoms with Gasteiger partial charge in [-0.15, -0.1) is 0 Å². The van der Waals surface area contributed by atoms with Crippen LogP contribution in [0.15, 0.2) is 11.6 Å². The predicted octanol–water partition coefficient (Wildman–Crippen LogP) is 0.196. The van der Waals surface area contributed by atoms with Gasteiger partial charge in [0.1, 0.15) is 61.0 Å². The number of aliphatic hydroxyl groups is 10. The standard InChI is InChI=1S/C45H74O17/c1-19(17-46)9-14-45(55)20(2)30-28(62-45)16-27-25-8-7-23-15-24(10-12-43(23,5)26(25)11-13-44(27,30)6)58-42-39(61-41-36(53)34(51)32(49)22(4)57-41)37(54)38(29(18-47)59-42)60-40-35(52)33(50)31(48)21(3)56-40/h7,19-22,24-42,46-55H,8-18H2,1-6H3/t19-,20+,21+,22+,24+,25-,26+,27+,28+,29-,30+,31+,32+,33-,34?,35-,36?,37+,38-,39-,40+,41+,42-,43+,44+,45-/m1/s1. The molecular formula is C45H74O17. The van der Waals surface area contributed by atoms with Crippen molar-refractivity contribution < 1.29 is 84.2 Å². The molecule has 17 nitrogen and oxygen atoms in total. The molecule has 8 aliphatic rings. The molecule has 0 aromatic carbocycles. The molecule has 4 heterocycles. The van der Waals surface area contributed by atoms with Crippen LogP contribution in [0.25, 0.3) is 0 Å². The number of hydrogen-bond donors (Lipinski definition) is 10. The molecule has 26 atom stereocenters. The molecule has 17 heteroatoms. The number of ether oxygens (including phenoxy) is 7. The van der Waals surface area contributed by atoms with Crippen molar-refractivity contribution in [3.8, 4) is 0 Å². The molecule has 4 saturated heterocycles. The highest BCUT2D eigenvalue weighted by Gasteiger charge is 2.68. The summed E-state index contributed by atoms with van der Waals surface area (Å²) in [6.45, 7) is 11.4. The van der Waals surface area contributed by atoms with Gasteiger partial charge in [0, 0.05) is 18.9 Å². The quantitative estimate of drug-likeness (QED) is 0.124. The topological polar surface area (TPSA) is 267 Å². The molecule has 8 rings (SSSR count). The Bertz CT molecular complexity index is 1590. The van der Waals surface area contributed by atoms with Crippen LogP contribution in [0.1, 0.15) is 99.3 Å². The monoisotopic (exact) mass is 886 g/mol. The van der Waals surface area contributed by atoms with E-state index in [9.17, 15) is 51.1 Å². The maximum Gasteiger partial charge on any atom is 0.187 e. The normalized spacial score (nSPS) is 55.7. The molecule has 2 unspecified atom stereocenters. The van der Waals surface area contributed by atoms with E-state index in [1.54, 1.807) is 0 Å². The fraction of sp³-hybridized carbons (Fsp3) is 0.956. The van der Waals surface area contributed by atoms with Gasteiger partial charge in [-0.2, -0.15) is 0 Å². The van der Waals surface area contributed by atoms with Gasteiger partial charge in [0.05, 0.1) is 31.0 Å². The Labute approximate surface area is 364 Å². The predicted molar refractivity (Wildman–Crippen MR) is 216 cm³/mol. The largest absolute Gasteiger partial charge is 0.396 e. The number of hydrogen-bond acceptors (Lipinski definition) is 17. The summed E-state index contributed by atoms with van der Waals surface area (Å²) in [6, 6.07) is 0. The maximum atomic E-state index is 12.0. The van der Waals surface area contributed by atoms with Crippen LogP contribution in [-0.4, -0.2) is 174 Å². The lowest BCUT2D eigenvalue weighted by atomic mass is 9.47. The minimum atomic E-state index is -1.72. The Morgan fingerprint density at radius 1 is 0.742 bits per heavy atom. The van der Waals surface area contributed by atoms with E-state index in [4.69, 9.17) is 33.2 Å². The van der Waals surface area contributed by atoms with Gasteiger partial charge >= 0.3 is 0 Å². The van der Waals surface area contributed by atoms with E-state index in [-0.39, 0.29) is 41.3 Å². The highest BCUT2D eigenvalue weighted by molar-refractivity contribution is 5.26. The van der Waals surface area contributed by atoms with Crippen molar-refractivity contribution in [2.45, 2.75) is 209 Å². The van der Waals surface area contributed by atoms with Gasteiger partial charge in [0.2, 0.25) is 0 Å². The highest BCUT2D eigenvalue weighted by Crippen LogP contribution is 2.70. The van der Waals surface area contributed by atoms with Gasteiger partial charge < -0.3 is 84.2 Å². The minimum Gasteiger partial charge on any atom is -0.396 e. The lowest BCUT2D eigenvalue weighted by molar-refractivity contribution is -0.388. The van der Waals surface area contributed by atoms with Crippen LogP contribution in [0.2, 0.25) is 0 Å². The average Bonchev–Trinajstić information content (AvgIpc) is 3.68. The summed E-state index contributed by atoms with van der Waals surface area (Å²) < 4.78 is 43.1. The van der Waals surface area contributed by atoms with E-state index in [1.165, 1.54) is 19.4 Å². The second-order valence-electron chi connectivity index (χ2n) is 21.0. The zero-order valence-electron chi connectivity index (χ0n) is 37.0. The molecule has 7 fully saturated rings. The van der Waals surface area contributed by atoms with Crippen LogP contribution in [0.4, 0.5) is 0 Å². The van der Waals surface area contributed by atoms with Gasteiger partial charge in [0.15, 0.2) is 24.7 Å². The summed E-state index contributed by atoms with van der Waals surface area (Å²) in [5.74, 6) is 0.570. The van der Waals surface area contributed by atoms with Gasteiger partial charge in [-0.05, 0) is 106 Å². The average molecular weight is 887 g/mol. The fourth-order valence-electron chi connectivity index (χ4n) is 13.5. The summed E-state index contributed by atoms with van der Waals surface area (Å²) in [5.41, 5.74) is 1.27. The molecule has 3 saturated carbocycles. The summed E-state index contributed by atoms with van der Waals surface area (Å²) in [7, 11) is 0. The number of aliphatic hydroxyl groups excluding tert-OH is 9. The van der Waals surface area contributed by atoms with Crippen LogP contribution < -0.4 is 0 Å². The molecule has 0 aromatic rings. The Balaban J connectivity index is 0.982. The Morgan fingerprint density at radius 2 is 1.37 bits per heavy atom.